The fraction of sp³-hybridized carbons (Fsp3) is 0.667. The lowest BCUT2D eigenvalue weighted by molar-refractivity contribution is -0.136. The van der Waals surface area contributed by atoms with Crippen LogP contribution < -0.4 is 5.46 Å². The van der Waals surface area contributed by atoms with E-state index < -0.39 is 30.0 Å². The second kappa shape index (κ2) is 8.79. The smallest absolute Gasteiger partial charge is 0.444 e. The van der Waals surface area contributed by atoms with Gasteiger partial charge in [0.1, 0.15) is 5.60 Å². The molecule has 0 N–H and O–H groups in total. The summed E-state index contributed by atoms with van der Waals surface area (Å²) in [5.74, 6) is -0.0622. The quantitative estimate of drug-likeness (QED) is 0.597. The van der Waals surface area contributed by atoms with Gasteiger partial charge in [0.15, 0.2) is 0 Å². The summed E-state index contributed by atoms with van der Waals surface area (Å²) >= 11 is 6.53. The van der Waals surface area contributed by atoms with Crippen LogP contribution in [0.25, 0.3) is 0 Å². The molecule has 2 atom stereocenters. The van der Waals surface area contributed by atoms with E-state index in [9.17, 15) is 9.59 Å². The van der Waals surface area contributed by atoms with Crippen LogP contribution in [0.15, 0.2) is 18.2 Å². The van der Waals surface area contributed by atoms with Crippen molar-refractivity contribution < 1.29 is 23.6 Å². The largest absolute Gasteiger partial charge is 0.494 e. The number of amides is 2. The molecule has 3 rings (SSSR count). The van der Waals surface area contributed by atoms with Crippen molar-refractivity contribution >= 4 is 36.2 Å². The summed E-state index contributed by atoms with van der Waals surface area (Å²) in [6, 6.07) is 4.92. The number of hydrogen-bond donors (Lipinski definition) is 0. The number of carbonyl (C=O) groups excluding carboxylic acids is 2. The second-order valence-corrected chi connectivity index (χ2v) is 11.4. The third kappa shape index (κ3) is 5.33. The Kier molecular flexibility index (Phi) is 6.88. The first kappa shape index (κ1) is 25.9. The fourth-order valence-corrected chi connectivity index (χ4v) is 4.55. The molecule has 2 aliphatic heterocycles. The Balaban J connectivity index is 1.98. The van der Waals surface area contributed by atoms with E-state index in [4.69, 9.17) is 25.6 Å². The van der Waals surface area contributed by atoms with E-state index >= 15 is 0 Å². The van der Waals surface area contributed by atoms with Crippen molar-refractivity contribution in [2.24, 2.45) is 0 Å². The summed E-state index contributed by atoms with van der Waals surface area (Å²) in [6.07, 6.45) is -0.392. The topological polar surface area (TPSA) is 68.3 Å². The van der Waals surface area contributed by atoms with Gasteiger partial charge < -0.3 is 23.8 Å². The maximum Gasteiger partial charge on any atom is 0.494 e. The van der Waals surface area contributed by atoms with Crippen molar-refractivity contribution in [2.45, 2.75) is 91.2 Å². The predicted molar refractivity (Wildman–Crippen MR) is 130 cm³/mol. The van der Waals surface area contributed by atoms with Crippen molar-refractivity contribution in [3.63, 3.8) is 0 Å². The zero-order chi connectivity index (χ0) is 24.9. The van der Waals surface area contributed by atoms with Crippen LogP contribution in [0.5, 0.6) is 0 Å². The van der Waals surface area contributed by atoms with E-state index in [2.05, 4.69) is 0 Å². The number of nitrogens with zero attached hydrogens (tertiary/aromatic N) is 2. The molecule has 0 saturated carbocycles. The molecule has 0 aromatic heterocycles. The van der Waals surface area contributed by atoms with Crippen molar-refractivity contribution in [2.75, 3.05) is 13.1 Å². The van der Waals surface area contributed by atoms with Crippen LogP contribution in [-0.2, 0) is 18.8 Å². The number of hydrogen-bond acceptors (Lipinski definition) is 5. The minimum Gasteiger partial charge on any atom is -0.444 e. The van der Waals surface area contributed by atoms with E-state index in [1.165, 1.54) is 0 Å². The molecule has 2 amide bonds. The minimum absolute atomic E-state index is 0.0622. The average Bonchev–Trinajstić information content (AvgIpc) is 2.86. The van der Waals surface area contributed by atoms with Gasteiger partial charge >= 0.3 is 13.2 Å². The third-order valence-corrected chi connectivity index (χ3v) is 6.93. The first-order chi connectivity index (χ1) is 15.0. The van der Waals surface area contributed by atoms with E-state index in [1.54, 1.807) is 16.7 Å². The standard InChI is InChI=1S/C24H36BClN2O5/c1-15-20(28(16(2)29)11-10-27(15)21(30)31-22(3,4)5)17-12-18(14-19(26)13-17)25-32-23(6,7)24(8,9)33-25/h12-15,20H,10-11H2,1-9H3/t15-,20+/m0/s1. The lowest BCUT2D eigenvalue weighted by atomic mass is 9.77. The van der Waals surface area contributed by atoms with Gasteiger partial charge in [-0.05, 0) is 78.5 Å². The van der Waals surface area contributed by atoms with E-state index in [0.29, 0.717) is 18.1 Å². The highest BCUT2D eigenvalue weighted by Crippen LogP contribution is 2.38. The van der Waals surface area contributed by atoms with Gasteiger partial charge in [0.25, 0.3) is 0 Å². The number of carbonyl (C=O) groups is 2. The monoisotopic (exact) mass is 478 g/mol. The van der Waals surface area contributed by atoms with Crippen LogP contribution in [0.2, 0.25) is 5.02 Å². The van der Waals surface area contributed by atoms with Crippen LogP contribution in [0.3, 0.4) is 0 Å². The first-order valence-corrected chi connectivity index (χ1v) is 11.8. The highest BCUT2D eigenvalue weighted by atomic mass is 35.5. The average molecular weight is 479 g/mol. The number of halogens is 1. The molecular formula is C24H36BClN2O5. The lowest BCUT2D eigenvalue weighted by Crippen LogP contribution is -2.57. The molecule has 0 unspecified atom stereocenters. The van der Waals surface area contributed by atoms with Crippen molar-refractivity contribution in [1.29, 1.82) is 0 Å². The predicted octanol–water partition coefficient (Wildman–Crippen LogP) is 4.17. The molecule has 2 saturated heterocycles. The Hall–Kier alpha value is -1.77. The van der Waals surface area contributed by atoms with Gasteiger partial charge in [0, 0.05) is 25.0 Å². The molecule has 9 heteroatoms. The summed E-state index contributed by atoms with van der Waals surface area (Å²) in [7, 11) is -0.584. The van der Waals surface area contributed by atoms with Gasteiger partial charge in [-0.15, -0.1) is 0 Å². The molecule has 0 radical (unpaired) electrons. The molecule has 2 fully saturated rings. The number of ether oxygens (including phenoxy) is 1. The van der Waals surface area contributed by atoms with Crippen LogP contribution in [0.1, 0.15) is 73.9 Å². The normalized spacial score (nSPS) is 24.7. The second-order valence-electron chi connectivity index (χ2n) is 11.0. The van der Waals surface area contributed by atoms with Crippen LogP contribution in [0.4, 0.5) is 4.79 Å². The van der Waals surface area contributed by atoms with Crippen molar-refractivity contribution in [1.82, 2.24) is 9.80 Å². The van der Waals surface area contributed by atoms with Crippen molar-refractivity contribution in [3.05, 3.63) is 28.8 Å². The molecule has 2 heterocycles. The summed E-state index contributed by atoms with van der Waals surface area (Å²) in [6.45, 7) is 17.8. The molecule has 0 spiro atoms. The molecule has 182 valence electrons. The van der Waals surface area contributed by atoms with Gasteiger partial charge in [-0.1, -0.05) is 17.7 Å². The maximum absolute atomic E-state index is 12.9. The van der Waals surface area contributed by atoms with Crippen molar-refractivity contribution in [3.8, 4) is 0 Å². The number of rotatable bonds is 2. The molecule has 1 aromatic carbocycles. The van der Waals surface area contributed by atoms with E-state index in [1.807, 2.05) is 73.6 Å². The SMILES string of the molecule is CC(=O)N1CCN(C(=O)OC(C)(C)C)[C@@H](C)[C@@H]1c1cc(Cl)cc(B2OC(C)(C)C(C)(C)O2)c1. The summed E-state index contributed by atoms with van der Waals surface area (Å²) in [4.78, 5) is 28.9. The molecule has 33 heavy (non-hydrogen) atoms. The van der Waals surface area contributed by atoms with Gasteiger partial charge in [0.2, 0.25) is 5.91 Å². The Bertz CT molecular complexity index is 914. The molecule has 7 nitrogen and oxygen atoms in total. The van der Waals surface area contributed by atoms with Gasteiger partial charge in [-0.2, -0.15) is 0 Å². The van der Waals surface area contributed by atoms with E-state index in [-0.39, 0.29) is 18.0 Å². The van der Waals surface area contributed by atoms with E-state index in [0.717, 1.165) is 11.0 Å². The zero-order valence-electron chi connectivity index (χ0n) is 21.2. The Morgan fingerprint density at radius 3 is 2.12 bits per heavy atom. The lowest BCUT2D eigenvalue weighted by Gasteiger charge is -2.46. The molecule has 2 aliphatic rings. The Morgan fingerprint density at radius 1 is 1.06 bits per heavy atom. The zero-order valence-corrected chi connectivity index (χ0v) is 21.9. The van der Waals surface area contributed by atoms with Crippen LogP contribution in [0, 0.1) is 0 Å². The minimum atomic E-state index is -0.607. The Morgan fingerprint density at radius 2 is 1.61 bits per heavy atom. The summed E-state index contributed by atoms with van der Waals surface area (Å²) in [5, 5.41) is 0.516. The van der Waals surface area contributed by atoms with Gasteiger partial charge in [0.05, 0.1) is 23.3 Å². The van der Waals surface area contributed by atoms with Gasteiger partial charge in [-0.25, -0.2) is 4.79 Å². The number of piperazine rings is 1. The molecule has 1 aromatic rings. The number of benzene rings is 1. The highest BCUT2D eigenvalue weighted by Gasteiger charge is 2.52. The fourth-order valence-electron chi connectivity index (χ4n) is 4.30. The first-order valence-electron chi connectivity index (χ1n) is 11.5. The van der Waals surface area contributed by atoms with Crippen LogP contribution >= 0.6 is 11.6 Å². The molecular weight excluding hydrogens is 443 g/mol. The highest BCUT2D eigenvalue weighted by molar-refractivity contribution is 6.62. The third-order valence-electron chi connectivity index (χ3n) is 6.71. The summed E-state index contributed by atoms with van der Waals surface area (Å²) in [5.41, 5.74) is 0.0164. The Labute approximate surface area is 202 Å². The maximum atomic E-state index is 12.9. The molecule has 0 aliphatic carbocycles. The van der Waals surface area contributed by atoms with Gasteiger partial charge in [-0.3, -0.25) is 4.79 Å². The summed E-state index contributed by atoms with van der Waals surface area (Å²) < 4.78 is 18.1. The molecule has 0 bridgehead atoms. The van der Waals surface area contributed by atoms with Crippen LogP contribution in [-0.4, -0.2) is 64.9 Å².